The Morgan fingerprint density at radius 3 is 2.86 bits per heavy atom. The third-order valence-corrected chi connectivity index (χ3v) is 2.76. The van der Waals surface area contributed by atoms with Crippen molar-refractivity contribution in [1.82, 2.24) is 9.55 Å². The summed E-state index contributed by atoms with van der Waals surface area (Å²) in [6.07, 6.45) is 0.500. The van der Waals surface area contributed by atoms with Crippen molar-refractivity contribution in [2.75, 3.05) is 12.3 Å². The first kappa shape index (κ1) is 14.4. The van der Waals surface area contributed by atoms with Gasteiger partial charge in [0.25, 0.3) is 0 Å². The van der Waals surface area contributed by atoms with Crippen LogP contribution in [0, 0.1) is 22.7 Å². The lowest BCUT2D eigenvalue weighted by Gasteiger charge is -2.13. The van der Waals surface area contributed by atoms with Crippen molar-refractivity contribution in [3.8, 4) is 17.9 Å². The minimum Gasteiger partial charge on any atom is -0.491 e. The number of nitrogens with zero attached hydrogens (tertiary/aromatic N) is 4. The van der Waals surface area contributed by atoms with Crippen LogP contribution in [0.3, 0.4) is 0 Å². The number of imidazole rings is 1. The molecule has 0 radical (unpaired) electrons. The molecular weight excluding hydrogens is 270 g/mol. The van der Waals surface area contributed by atoms with Gasteiger partial charge in [-0.3, -0.25) is 0 Å². The number of aliphatic hydroxyl groups is 1. The number of hydrogen-bond donors (Lipinski definition) is 2. The van der Waals surface area contributed by atoms with Crippen molar-refractivity contribution in [2.24, 2.45) is 0 Å². The number of rotatable bonds is 5. The fraction of sp³-hybridized carbons (Fsp3) is 0.214. The lowest BCUT2D eigenvalue weighted by Crippen LogP contribution is -2.24. The van der Waals surface area contributed by atoms with Crippen LogP contribution in [0.4, 0.5) is 5.69 Å². The number of nitrogen functional groups attached to an aromatic ring is 1. The van der Waals surface area contributed by atoms with E-state index in [1.54, 1.807) is 24.3 Å². The van der Waals surface area contributed by atoms with Crippen LogP contribution in [-0.2, 0) is 6.54 Å². The molecule has 0 fully saturated rings. The van der Waals surface area contributed by atoms with Gasteiger partial charge in [-0.15, -0.1) is 0 Å². The summed E-state index contributed by atoms with van der Waals surface area (Å²) in [7, 11) is 0. The van der Waals surface area contributed by atoms with Crippen LogP contribution >= 0.6 is 0 Å². The van der Waals surface area contributed by atoms with Crippen LogP contribution in [0.2, 0.25) is 0 Å². The number of nitrogens with two attached hydrogens (primary N) is 1. The quantitative estimate of drug-likeness (QED) is 0.777. The molecule has 7 heteroatoms. The van der Waals surface area contributed by atoms with Crippen LogP contribution in [0.1, 0.15) is 11.4 Å². The highest BCUT2D eigenvalue weighted by Crippen LogP contribution is 2.15. The molecule has 2 rings (SSSR count). The molecule has 1 atom stereocenters. The highest BCUT2D eigenvalue weighted by molar-refractivity contribution is 5.43. The Labute approximate surface area is 121 Å². The normalized spacial score (nSPS) is 11.4. The predicted molar refractivity (Wildman–Crippen MR) is 74.0 cm³/mol. The third-order valence-electron chi connectivity index (χ3n) is 2.76. The van der Waals surface area contributed by atoms with Crippen LogP contribution in [0.25, 0.3) is 0 Å². The largest absolute Gasteiger partial charge is 0.491 e. The molecule has 1 unspecified atom stereocenters. The van der Waals surface area contributed by atoms with Gasteiger partial charge in [-0.25, -0.2) is 4.98 Å². The fourth-order valence-corrected chi connectivity index (χ4v) is 1.80. The van der Waals surface area contributed by atoms with Crippen molar-refractivity contribution in [2.45, 2.75) is 12.6 Å². The van der Waals surface area contributed by atoms with Crippen molar-refractivity contribution in [3.05, 3.63) is 42.0 Å². The average molecular weight is 283 g/mol. The molecule has 0 bridgehead atoms. The molecule has 106 valence electrons. The number of benzene rings is 1. The number of aliphatic hydroxyl groups excluding tert-OH is 1. The highest BCUT2D eigenvalue weighted by Gasteiger charge is 2.14. The Balaban J connectivity index is 1.97. The molecule has 0 aliphatic heterocycles. The maximum atomic E-state index is 9.94. The minimum atomic E-state index is -0.848. The summed E-state index contributed by atoms with van der Waals surface area (Å²) < 4.78 is 6.84. The SMILES string of the molecule is N#Cc1ncn(CC(O)COc2cccc(N)c2)c1C#N. The first-order valence-electron chi connectivity index (χ1n) is 6.15. The van der Waals surface area contributed by atoms with Crippen LogP contribution in [0.15, 0.2) is 30.6 Å². The molecule has 0 aliphatic carbocycles. The van der Waals surface area contributed by atoms with Crippen LogP contribution in [0.5, 0.6) is 5.75 Å². The van der Waals surface area contributed by atoms with Gasteiger partial charge in [-0.1, -0.05) is 6.07 Å². The maximum Gasteiger partial charge on any atom is 0.176 e. The van der Waals surface area contributed by atoms with Gasteiger partial charge < -0.3 is 20.1 Å². The Morgan fingerprint density at radius 2 is 2.19 bits per heavy atom. The van der Waals surface area contributed by atoms with E-state index in [0.29, 0.717) is 11.4 Å². The highest BCUT2D eigenvalue weighted by atomic mass is 16.5. The number of aromatic nitrogens is 2. The van der Waals surface area contributed by atoms with E-state index in [4.69, 9.17) is 21.0 Å². The fourth-order valence-electron chi connectivity index (χ4n) is 1.80. The van der Waals surface area contributed by atoms with Crippen LogP contribution in [-0.4, -0.2) is 27.4 Å². The summed E-state index contributed by atoms with van der Waals surface area (Å²) in [4.78, 5) is 3.80. The van der Waals surface area contributed by atoms with Crippen molar-refractivity contribution in [1.29, 1.82) is 10.5 Å². The minimum absolute atomic E-state index is 0.0361. The standard InChI is InChI=1S/C14H13N5O2/c15-5-13-14(6-16)19(9-18-13)7-11(20)8-21-12-3-1-2-10(17)4-12/h1-4,9,11,20H,7-8,17H2. The molecule has 0 amide bonds. The molecule has 21 heavy (non-hydrogen) atoms. The van der Waals surface area contributed by atoms with Gasteiger partial charge in [-0.05, 0) is 12.1 Å². The average Bonchev–Trinajstić information content (AvgIpc) is 2.87. The monoisotopic (exact) mass is 283 g/mol. The summed E-state index contributed by atoms with van der Waals surface area (Å²) in [5, 5.41) is 27.7. The molecule has 0 spiro atoms. The van der Waals surface area contributed by atoms with Gasteiger partial charge in [0, 0.05) is 11.8 Å². The van der Waals surface area contributed by atoms with E-state index < -0.39 is 6.10 Å². The van der Waals surface area contributed by atoms with Crippen molar-refractivity contribution >= 4 is 5.69 Å². The summed E-state index contributed by atoms with van der Waals surface area (Å²) in [5.74, 6) is 0.554. The zero-order valence-electron chi connectivity index (χ0n) is 11.1. The Hall–Kier alpha value is -3.03. The van der Waals surface area contributed by atoms with E-state index in [0.717, 1.165) is 0 Å². The molecule has 0 aliphatic rings. The van der Waals surface area contributed by atoms with E-state index in [1.165, 1.54) is 10.9 Å². The van der Waals surface area contributed by atoms with Crippen molar-refractivity contribution in [3.63, 3.8) is 0 Å². The second kappa shape index (κ2) is 6.42. The van der Waals surface area contributed by atoms with E-state index in [1.807, 2.05) is 12.1 Å². The van der Waals surface area contributed by atoms with Crippen LogP contribution < -0.4 is 10.5 Å². The van der Waals surface area contributed by atoms with E-state index in [-0.39, 0.29) is 24.5 Å². The van der Waals surface area contributed by atoms with E-state index in [2.05, 4.69) is 4.98 Å². The zero-order chi connectivity index (χ0) is 15.2. The van der Waals surface area contributed by atoms with Gasteiger partial charge in [0.15, 0.2) is 11.4 Å². The topological polar surface area (TPSA) is 121 Å². The first-order chi connectivity index (χ1) is 10.1. The molecule has 0 saturated carbocycles. The lowest BCUT2D eigenvalue weighted by molar-refractivity contribution is 0.0923. The molecule has 1 aromatic heterocycles. The summed E-state index contributed by atoms with van der Waals surface area (Å²) in [6, 6.07) is 10.6. The van der Waals surface area contributed by atoms with Gasteiger partial charge in [-0.2, -0.15) is 10.5 Å². The number of ether oxygens (including phenoxy) is 1. The Bertz CT molecular complexity index is 711. The second-order valence-corrected chi connectivity index (χ2v) is 4.36. The molecule has 1 heterocycles. The summed E-state index contributed by atoms with van der Waals surface area (Å²) >= 11 is 0. The Kier molecular flexibility index (Phi) is 4.39. The predicted octanol–water partition coefficient (Wildman–Crippen LogP) is 0.649. The van der Waals surface area contributed by atoms with E-state index >= 15 is 0 Å². The van der Waals surface area contributed by atoms with Gasteiger partial charge in [0.2, 0.25) is 0 Å². The summed E-state index contributed by atoms with van der Waals surface area (Å²) in [5.41, 5.74) is 6.36. The zero-order valence-corrected chi connectivity index (χ0v) is 11.1. The van der Waals surface area contributed by atoms with Gasteiger partial charge >= 0.3 is 0 Å². The number of anilines is 1. The maximum absolute atomic E-state index is 9.94. The molecule has 3 N–H and O–H groups in total. The van der Waals surface area contributed by atoms with Crippen molar-refractivity contribution < 1.29 is 9.84 Å². The molecule has 2 aromatic rings. The number of hydrogen-bond acceptors (Lipinski definition) is 6. The molecule has 1 aromatic carbocycles. The lowest BCUT2D eigenvalue weighted by atomic mass is 10.3. The van der Waals surface area contributed by atoms with E-state index in [9.17, 15) is 5.11 Å². The first-order valence-corrected chi connectivity index (χ1v) is 6.15. The van der Waals surface area contributed by atoms with Gasteiger partial charge in [0.05, 0.1) is 12.9 Å². The molecule has 0 saturated heterocycles. The third kappa shape index (κ3) is 3.50. The second-order valence-electron chi connectivity index (χ2n) is 4.36. The summed E-state index contributed by atoms with van der Waals surface area (Å²) in [6.45, 7) is 0.147. The molecular formula is C14H13N5O2. The van der Waals surface area contributed by atoms with Gasteiger partial charge in [0.1, 0.15) is 30.6 Å². The molecule has 7 nitrogen and oxygen atoms in total. The Morgan fingerprint density at radius 1 is 1.38 bits per heavy atom. The smallest absolute Gasteiger partial charge is 0.176 e. The number of nitriles is 2.